The fraction of sp³-hybridized carbons (Fsp3) is 0.529. The van der Waals surface area contributed by atoms with Gasteiger partial charge < -0.3 is 19.5 Å². The Morgan fingerprint density at radius 3 is 2.91 bits per heavy atom. The molecule has 0 aliphatic carbocycles. The topological polar surface area (TPSA) is 76.1 Å². The van der Waals surface area contributed by atoms with Gasteiger partial charge in [0, 0.05) is 13.1 Å². The Labute approximate surface area is 136 Å². The SMILES string of the molecule is CC(C)c1cccc(OCC(=O)N2CCO[C@H](CC(=O)O)C2)c1. The number of carboxylic acid groups (broad SMARTS) is 1. The molecule has 23 heavy (non-hydrogen) atoms. The molecule has 1 aliphatic rings. The molecule has 1 N–H and O–H groups in total. The number of nitrogens with zero attached hydrogens (tertiary/aromatic N) is 1. The van der Waals surface area contributed by atoms with E-state index in [-0.39, 0.29) is 18.9 Å². The molecule has 1 aliphatic heterocycles. The van der Waals surface area contributed by atoms with E-state index in [2.05, 4.69) is 13.8 Å². The van der Waals surface area contributed by atoms with Crippen LogP contribution in [0.1, 0.15) is 31.7 Å². The van der Waals surface area contributed by atoms with Crippen molar-refractivity contribution in [2.24, 2.45) is 0 Å². The highest BCUT2D eigenvalue weighted by Crippen LogP contribution is 2.20. The van der Waals surface area contributed by atoms with E-state index < -0.39 is 12.1 Å². The fourth-order valence-electron chi connectivity index (χ4n) is 2.46. The van der Waals surface area contributed by atoms with Gasteiger partial charge in [0.1, 0.15) is 5.75 Å². The van der Waals surface area contributed by atoms with E-state index in [0.717, 1.165) is 5.56 Å². The molecular weight excluding hydrogens is 298 g/mol. The number of morpholine rings is 1. The minimum absolute atomic E-state index is 0.0542. The largest absolute Gasteiger partial charge is 0.484 e. The molecule has 0 bridgehead atoms. The van der Waals surface area contributed by atoms with Gasteiger partial charge in [0.25, 0.3) is 5.91 Å². The van der Waals surface area contributed by atoms with Gasteiger partial charge in [-0.3, -0.25) is 9.59 Å². The van der Waals surface area contributed by atoms with E-state index in [4.69, 9.17) is 14.6 Å². The van der Waals surface area contributed by atoms with Crippen molar-refractivity contribution in [3.8, 4) is 5.75 Å². The third-order valence-corrected chi connectivity index (χ3v) is 3.78. The van der Waals surface area contributed by atoms with Crippen LogP contribution in [0.3, 0.4) is 0 Å². The predicted molar refractivity (Wildman–Crippen MR) is 84.6 cm³/mol. The molecule has 1 amide bonds. The zero-order valence-electron chi connectivity index (χ0n) is 13.5. The van der Waals surface area contributed by atoms with Crippen molar-refractivity contribution in [3.63, 3.8) is 0 Å². The van der Waals surface area contributed by atoms with Crippen molar-refractivity contribution in [2.75, 3.05) is 26.3 Å². The van der Waals surface area contributed by atoms with Gasteiger partial charge in [0.05, 0.1) is 19.1 Å². The quantitative estimate of drug-likeness (QED) is 0.866. The van der Waals surface area contributed by atoms with E-state index in [1.807, 2.05) is 24.3 Å². The Kier molecular flexibility index (Phi) is 5.98. The van der Waals surface area contributed by atoms with E-state index in [1.54, 1.807) is 4.90 Å². The zero-order chi connectivity index (χ0) is 16.8. The van der Waals surface area contributed by atoms with Crippen LogP contribution in [0.4, 0.5) is 0 Å². The average Bonchev–Trinajstić information content (AvgIpc) is 2.52. The number of carbonyl (C=O) groups is 2. The minimum atomic E-state index is -0.925. The molecule has 2 rings (SSSR count). The second kappa shape index (κ2) is 7.97. The van der Waals surface area contributed by atoms with Gasteiger partial charge in [0.15, 0.2) is 6.61 Å². The highest BCUT2D eigenvalue weighted by Gasteiger charge is 2.26. The van der Waals surface area contributed by atoms with Crippen molar-refractivity contribution in [3.05, 3.63) is 29.8 Å². The average molecular weight is 321 g/mol. The second-order valence-electron chi connectivity index (χ2n) is 5.95. The zero-order valence-corrected chi connectivity index (χ0v) is 13.5. The predicted octanol–water partition coefficient (Wildman–Crippen LogP) is 1.89. The maximum Gasteiger partial charge on any atom is 0.306 e. The monoisotopic (exact) mass is 321 g/mol. The van der Waals surface area contributed by atoms with Crippen LogP contribution in [-0.2, 0) is 14.3 Å². The highest BCUT2D eigenvalue weighted by atomic mass is 16.5. The van der Waals surface area contributed by atoms with E-state index in [0.29, 0.717) is 31.4 Å². The van der Waals surface area contributed by atoms with Gasteiger partial charge >= 0.3 is 5.97 Å². The third-order valence-electron chi connectivity index (χ3n) is 3.78. The number of amides is 1. The smallest absolute Gasteiger partial charge is 0.306 e. The summed E-state index contributed by atoms with van der Waals surface area (Å²) in [5, 5.41) is 8.81. The van der Waals surface area contributed by atoms with Crippen molar-refractivity contribution in [2.45, 2.75) is 32.3 Å². The van der Waals surface area contributed by atoms with Crippen LogP contribution in [0.25, 0.3) is 0 Å². The van der Waals surface area contributed by atoms with Crippen LogP contribution >= 0.6 is 0 Å². The molecule has 126 valence electrons. The van der Waals surface area contributed by atoms with E-state index >= 15 is 0 Å². The van der Waals surface area contributed by atoms with Crippen LogP contribution in [0.2, 0.25) is 0 Å². The van der Waals surface area contributed by atoms with Gasteiger partial charge in [0.2, 0.25) is 0 Å². The molecule has 1 saturated heterocycles. The summed E-state index contributed by atoms with van der Waals surface area (Å²) in [6.07, 6.45) is -0.546. The molecule has 1 aromatic carbocycles. The molecular formula is C17H23NO5. The first-order valence-corrected chi connectivity index (χ1v) is 7.79. The van der Waals surface area contributed by atoms with Crippen molar-refractivity contribution < 1.29 is 24.2 Å². The molecule has 0 unspecified atom stereocenters. The Morgan fingerprint density at radius 2 is 2.22 bits per heavy atom. The van der Waals surface area contributed by atoms with Crippen LogP contribution in [-0.4, -0.2) is 54.3 Å². The Bertz CT molecular complexity index is 558. The fourth-order valence-corrected chi connectivity index (χ4v) is 2.46. The molecule has 1 atom stereocenters. The van der Waals surface area contributed by atoms with E-state index in [1.165, 1.54) is 0 Å². The lowest BCUT2D eigenvalue weighted by molar-refractivity contribution is -0.148. The number of aliphatic carboxylic acids is 1. The van der Waals surface area contributed by atoms with Crippen LogP contribution in [0.15, 0.2) is 24.3 Å². The summed E-state index contributed by atoms with van der Waals surface area (Å²) in [4.78, 5) is 24.6. The van der Waals surface area contributed by atoms with Gasteiger partial charge in [-0.05, 0) is 23.6 Å². The summed E-state index contributed by atoms with van der Waals surface area (Å²) in [5.74, 6) is -0.0187. The molecule has 6 heteroatoms. The summed E-state index contributed by atoms with van der Waals surface area (Å²) in [5.41, 5.74) is 1.16. The maximum atomic E-state index is 12.2. The number of benzene rings is 1. The first-order chi connectivity index (χ1) is 11.0. The van der Waals surface area contributed by atoms with Gasteiger partial charge in [-0.25, -0.2) is 0 Å². The summed E-state index contributed by atoms with van der Waals surface area (Å²) in [6.45, 7) is 5.25. The number of rotatable bonds is 6. The lowest BCUT2D eigenvalue weighted by atomic mass is 10.0. The normalized spacial score (nSPS) is 18.0. The number of hydrogen-bond donors (Lipinski definition) is 1. The van der Waals surface area contributed by atoms with Crippen LogP contribution < -0.4 is 4.74 Å². The lowest BCUT2D eigenvalue weighted by Gasteiger charge is -2.32. The summed E-state index contributed by atoms with van der Waals surface area (Å²) in [7, 11) is 0. The number of carboxylic acids is 1. The van der Waals surface area contributed by atoms with Gasteiger partial charge in [-0.2, -0.15) is 0 Å². The number of hydrogen-bond acceptors (Lipinski definition) is 4. The number of ether oxygens (including phenoxy) is 2. The second-order valence-corrected chi connectivity index (χ2v) is 5.95. The molecule has 0 radical (unpaired) electrons. The van der Waals surface area contributed by atoms with Crippen molar-refractivity contribution >= 4 is 11.9 Å². The van der Waals surface area contributed by atoms with Crippen molar-refractivity contribution in [1.82, 2.24) is 4.90 Å². The molecule has 0 aromatic heterocycles. The van der Waals surface area contributed by atoms with Gasteiger partial charge in [-0.15, -0.1) is 0 Å². The van der Waals surface area contributed by atoms with E-state index in [9.17, 15) is 9.59 Å². The number of carbonyl (C=O) groups excluding carboxylic acids is 1. The minimum Gasteiger partial charge on any atom is -0.484 e. The summed E-state index contributed by atoms with van der Waals surface area (Å²) < 4.78 is 10.9. The van der Waals surface area contributed by atoms with Crippen LogP contribution in [0, 0.1) is 0 Å². The lowest BCUT2D eigenvalue weighted by Crippen LogP contribution is -2.47. The maximum absolute atomic E-state index is 12.2. The Balaban J connectivity index is 1.86. The highest BCUT2D eigenvalue weighted by molar-refractivity contribution is 5.78. The first-order valence-electron chi connectivity index (χ1n) is 7.79. The Morgan fingerprint density at radius 1 is 1.43 bits per heavy atom. The molecule has 1 heterocycles. The molecule has 0 saturated carbocycles. The van der Waals surface area contributed by atoms with Gasteiger partial charge in [-0.1, -0.05) is 26.0 Å². The Hall–Kier alpha value is -2.08. The standard InChI is InChI=1S/C17H23NO5/c1-12(2)13-4-3-5-14(8-13)23-11-16(19)18-6-7-22-15(10-18)9-17(20)21/h3-5,8,12,15H,6-7,9-11H2,1-2H3,(H,20,21)/t15-/m1/s1. The molecule has 6 nitrogen and oxygen atoms in total. The van der Waals surface area contributed by atoms with Crippen molar-refractivity contribution in [1.29, 1.82) is 0 Å². The summed E-state index contributed by atoms with van der Waals surface area (Å²) >= 11 is 0. The summed E-state index contributed by atoms with van der Waals surface area (Å²) in [6, 6.07) is 7.70. The van der Waals surface area contributed by atoms with Crippen LogP contribution in [0.5, 0.6) is 5.75 Å². The molecule has 1 fully saturated rings. The third kappa shape index (κ3) is 5.25. The molecule has 0 spiro atoms. The first kappa shape index (κ1) is 17.3. The molecule has 1 aromatic rings.